The van der Waals surface area contributed by atoms with E-state index in [2.05, 4.69) is 40.2 Å². The molecule has 1 unspecified atom stereocenters. The number of sulfone groups is 1. The van der Waals surface area contributed by atoms with Gasteiger partial charge in [-0.15, -0.1) is 0 Å². The van der Waals surface area contributed by atoms with Crippen LogP contribution in [0.4, 0.5) is 0 Å². The molecule has 2 nitrogen and oxygen atoms in total. The lowest BCUT2D eigenvalue weighted by Gasteiger charge is -2.38. The van der Waals surface area contributed by atoms with Crippen molar-refractivity contribution in [2.75, 3.05) is 17.3 Å². The minimum Gasteiger partial charge on any atom is -0.229 e. The Hall–Kier alpha value is -0.350. The summed E-state index contributed by atoms with van der Waals surface area (Å²) in [5, 5.41) is 0.917. The molecule has 0 bridgehead atoms. The van der Waals surface area contributed by atoms with Gasteiger partial charge in [-0.25, -0.2) is 8.42 Å². The van der Waals surface area contributed by atoms with Crippen molar-refractivity contribution in [1.29, 1.82) is 0 Å². The number of benzene rings is 1. The van der Waals surface area contributed by atoms with Gasteiger partial charge in [0.05, 0.1) is 0 Å². The molecule has 106 valence electrons. The first-order valence-electron chi connectivity index (χ1n) is 6.79. The van der Waals surface area contributed by atoms with E-state index in [-0.39, 0.29) is 5.41 Å². The van der Waals surface area contributed by atoms with Crippen molar-refractivity contribution in [1.82, 2.24) is 0 Å². The summed E-state index contributed by atoms with van der Waals surface area (Å²) in [7, 11) is -2.85. The standard InChI is InChI=1S/C15H21BrO2S/c1-19(17,18)11-5-10-15(12-16)9-4-7-13-6-2-3-8-14(13)15/h2-3,6,8H,4-5,7,9-12H2,1H3. The van der Waals surface area contributed by atoms with Crippen LogP contribution in [0, 0.1) is 0 Å². The van der Waals surface area contributed by atoms with Crippen molar-refractivity contribution in [3.8, 4) is 0 Å². The molecule has 0 radical (unpaired) electrons. The molecular formula is C15H21BrO2S. The number of aryl methyl sites for hydroxylation is 1. The van der Waals surface area contributed by atoms with Crippen LogP contribution in [0.3, 0.4) is 0 Å². The van der Waals surface area contributed by atoms with Crippen molar-refractivity contribution >= 4 is 25.8 Å². The Kier molecular flexibility index (Phi) is 4.72. The summed E-state index contributed by atoms with van der Waals surface area (Å²) >= 11 is 3.67. The number of alkyl halides is 1. The Morgan fingerprint density at radius 1 is 1.32 bits per heavy atom. The normalized spacial score (nSPS) is 23.1. The van der Waals surface area contributed by atoms with Crippen molar-refractivity contribution in [2.24, 2.45) is 0 Å². The smallest absolute Gasteiger partial charge is 0.147 e. The minimum atomic E-state index is -2.85. The van der Waals surface area contributed by atoms with E-state index in [0.717, 1.165) is 31.0 Å². The van der Waals surface area contributed by atoms with Crippen molar-refractivity contribution in [3.05, 3.63) is 35.4 Å². The average molecular weight is 345 g/mol. The van der Waals surface area contributed by atoms with Crippen LogP contribution in [0.15, 0.2) is 24.3 Å². The molecule has 0 heterocycles. The highest BCUT2D eigenvalue weighted by molar-refractivity contribution is 9.09. The van der Waals surface area contributed by atoms with Crippen molar-refractivity contribution in [3.63, 3.8) is 0 Å². The third-order valence-corrected chi connectivity index (χ3v) is 6.22. The van der Waals surface area contributed by atoms with E-state index in [4.69, 9.17) is 0 Å². The Morgan fingerprint density at radius 3 is 2.74 bits per heavy atom. The maximum absolute atomic E-state index is 11.3. The molecule has 0 fully saturated rings. The maximum atomic E-state index is 11.3. The summed E-state index contributed by atoms with van der Waals surface area (Å²) in [6, 6.07) is 8.62. The summed E-state index contributed by atoms with van der Waals surface area (Å²) < 4.78 is 22.6. The van der Waals surface area contributed by atoms with E-state index in [1.54, 1.807) is 0 Å². The number of rotatable bonds is 5. The lowest BCUT2D eigenvalue weighted by molar-refractivity contribution is 0.373. The molecule has 0 amide bonds. The van der Waals surface area contributed by atoms with Gasteiger partial charge in [0, 0.05) is 22.8 Å². The number of hydrogen-bond donors (Lipinski definition) is 0. The van der Waals surface area contributed by atoms with Crippen molar-refractivity contribution in [2.45, 2.75) is 37.5 Å². The average Bonchev–Trinajstić information content (AvgIpc) is 2.37. The zero-order valence-corrected chi connectivity index (χ0v) is 13.8. The number of fused-ring (bicyclic) bond motifs is 1. The van der Waals surface area contributed by atoms with E-state index < -0.39 is 9.84 Å². The van der Waals surface area contributed by atoms with E-state index in [9.17, 15) is 8.42 Å². The maximum Gasteiger partial charge on any atom is 0.147 e. The largest absolute Gasteiger partial charge is 0.229 e. The number of halogens is 1. The van der Waals surface area contributed by atoms with Gasteiger partial charge in [0.15, 0.2) is 0 Å². The topological polar surface area (TPSA) is 34.1 Å². The van der Waals surface area contributed by atoms with Gasteiger partial charge >= 0.3 is 0 Å². The van der Waals surface area contributed by atoms with Crippen molar-refractivity contribution < 1.29 is 8.42 Å². The third kappa shape index (κ3) is 3.60. The molecule has 0 saturated heterocycles. The summed E-state index contributed by atoms with van der Waals surface area (Å²) in [6.07, 6.45) is 6.52. The van der Waals surface area contributed by atoms with E-state index >= 15 is 0 Å². The third-order valence-electron chi connectivity index (χ3n) is 4.12. The monoisotopic (exact) mass is 344 g/mol. The van der Waals surface area contributed by atoms with Gasteiger partial charge in [-0.3, -0.25) is 0 Å². The SMILES string of the molecule is CS(=O)(=O)CCCC1(CBr)CCCc2ccccc21. The molecule has 0 aromatic heterocycles. The second-order valence-electron chi connectivity index (χ2n) is 5.66. The molecule has 0 spiro atoms. The van der Waals surface area contributed by atoms with E-state index in [1.165, 1.54) is 23.8 Å². The molecule has 1 aromatic carbocycles. The molecule has 0 saturated carbocycles. The zero-order valence-electron chi connectivity index (χ0n) is 11.4. The van der Waals surface area contributed by atoms with Crippen LogP contribution in [-0.4, -0.2) is 25.8 Å². The molecule has 19 heavy (non-hydrogen) atoms. The van der Waals surface area contributed by atoms with Gasteiger partial charge in [-0.1, -0.05) is 40.2 Å². The fourth-order valence-corrected chi connectivity index (χ4v) is 4.68. The highest BCUT2D eigenvalue weighted by Crippen LogP contribution is 2.42. The molecule has 1 aliphatic rings. The van der Waals surface area contributed by atoms with Gasteiger partial charge in [-0.05, 0) is 43.2 Å². The zero-order chi connectivity index (χ0) is 13.9. The van der Waals surface area contributed by atoms with Crippen LogP contribution in [0.25, 0.3) is 0 Å². The minimum absolute atomic E-state index is 0.125. The summed E-state index contributed by atoms with van der Waals surface area (Å²) in [5.41, 5.74) is 2.98. The molecular weight excluding hydrogens is 324 g/mol. The Morgan fingerprint density at radius 2 is 2.05 bits per heavy atom. The lowest BCUT2D eigenvalue weighted by atomic mass is 9.69. The van der Waals surface area contributed by atoms with Crippen LogP contribution in [0.1, 0.15) is 36.8 Å². The van der Waals surface area contributed by atoms with Crippen LogP contribution in [0.5, 0.6) is 0 Å². The summed E-state index contributed by atoms with van der Waals surface area (Å²) in [5.74, 6) is 0.296. The molecule has 0 aliphatic heterocycles. The first-order chi connectivity index (χ1) is 8.97. The molecule has 1 aromatic rings. The Bertz CT molecular complexity index is 539. The van der Waals surface area contributed by atoms with Crippen LogP contribution < -0.4 is 0 Å². The van der Waals surface area contributed by atoms with Gasteiger partial charge in [0.1, 0.15) is 9.84 Å². The van der Waals surface area contributed by atoms with Gasteiger partial charge in [0.25, 0.3) is 0 Å². The fraction of sp³-hybridized carbons (Fsp3) is 0.600. The predicted octanol–water partition coefficient (Wildman–Crippen LogP) is 3.48. The molecule has 1 atom stereocenters. The van der Waals surface area contributed by atoms with Crippen LogP contribution >= 0.6 is 15.9 Å². The first-order valence-corrected chi connectivity index (χ1v) is 9.97. The fourth-order valence-electron chi connectivity index (χ4n) is 3.15. The highest BCUT2D eigenvalue weighted by Gasteiger charge is 2.35. The second kappa shape index (κ2) is 5.96. The lowest BCUT2D eigenvalue weighted by Crippen LogP contribution is -2.33. The molecule has 2 rings (SSSR count). The number of hydrogen-bond acceptors (Lipinski definition) is 2. The Balaban J connectivity index is 2.19. The Labute approximate surface area is 124 Å². The summed E-state index contributed by atoms with van der Waals surface area (Å²) in [4.78, 5) is 0. The van der Waals surface area contributed by atoms with E-state index in [1.807, 2.05) is 0 Å². The van der Waals surface area contributed by atoms with Crippen LogP contribution in [0.2, 0.25) is 0 Å². The second-order valence-corrected chi connectivity index (χ2v) is 8.48. The van der Waals surface area contributed by atoms with E-state index in [0.29, 0.717) is 5.75 Å². The van der Waals surface area contributed by atoms with Gasteiger partial charge in [0.2, 0.25) is 0 Å². The molecule has 1 aliphatic carbocycles. The van der Waals surface area contributed by atoms with Crippen LogP contribution in [-0.2, 0) is 21.7 Å². The predicted molar refractivity (Wildman–Crippen MR) is 83.8 cm³/mol. The quantitative estimate of drug-likeness (QED) is 0.766. The first kappa shape index (κ1) is 15.0. The highest BCUT2D eigenvalue weighted by atomic mass is 79.9. The van der Waals surface area contributed by atoms with Gasteiger partial charge < -0.3 is 0 Å². The summed E-state index contributed by atoms with van der Waals surface area (Å²) in [6.45, 7) is 0. The molecule has 0 N–H and O–H groups in total. The van der Waals surface area contributed by atoms with Gasteiger partial charge in [-0.2, -0.15) is 0 Å². The molecule has 4 heteroatoms.